The number of ether oxygens (including phenoxy) is 2. The van der Waals surface area contributed by atoms with Gasteiger partial charge >= 0.3 is 0 Å². The van der Waals surface area contributed by atoms with Crippen molar-refractivity contribution < 1.29 is 19.1 Å². The molecule has 0 radical (unpaired) electrons. The van der Waals surface area contributed by atoms with Gasteiger partial charge in [-0.05, 0) is 61.4 Å². The van der Waals surface area contributed by atoms with Gasteiger partial charge in [-0.15, -0.1) is 0 Å². The van der Waals surface area contributed by atoms with E-state index in [1.807, 2.05) is 36.4 Å². The van der Waals surface area contributed by atoms with Gasteiger partial charge in [0.1, 0.15) is 17.5 Å². The van der Waals surface area contributed by atoms with Crippen LogP contribution in [0, 0.1) is 5.92 Å². The van der Waals surface area contributed by atoms with E-state index in [0.717, 1.165) is 36.8 Å². The molecule has 0 bridgehead atoms. The molecule has 1 heterocycles. The molecular weight excluding hydrogens is 392 g/mol. The number of hydrogen-bond donors (Lipinski definition) is 1. The lowest BCUT2D eigenvalue weighted by atomic mass is 9.87. The zero-order valence-electron chi connectivity index (χ0n) is 18.4. The quantitative estimate of drug-likeness (QED) is 0.761. The highest BCUT2D eigenvalue weighted by Gasteiger charge is 2.41. The van der Waals surface area contributed by atoms with Crippen molar-refractivity contribution in [3.05, 3.63) is 59.2 Å². The number of nitrogens with one attached hydrogen (secondary N) is 1. The first-order valence-corrected chi connectivity index (χ1v) is 10.9. The average Bonchev–Trinajstić information content (AvgIpc) is 3.07. The maximum Gasteiger partial charge on any atom is 0.255 e. The Balaban J connectivity index is 1.63. The van der Waals surface area contributed by atoms with Gasteiger partial charge in [-0.3, -0.25) is 9.59 Å². The highest BCUT2D eigenvalue weighted by atomic mass is 16.5. The van der Waals surface area contributed by atoms with Crippen molar-refractivity contribution in [3.63, 3.8) is 0 Å². The molecule has 0 saturated heterocycles. The highest BCUT2D eigenvalue weighted by Crippen LogP contribution is 2.37. The van der Waals surface area contributed by atoms with E-state index in [9.17, 15) is 9.59 Å². The molecule has 2 aliphatic rings. The first-order valence-electron chi connectivity index (χ1n) is 10.9. The number of carbonyl (C=O) groups is 2. The van der Waals surface area contributed by atoms with Crippen molar-refractivity contribution >= 4 is 11.8 Å². The fraction of sp³-hybridized carbons (Fsp3) is 0.440. The Morgan fingerprint density at radius 1 is 1.06 bits per heavy atom. The smallest absolute Gasteiger partial charge is 0.255 e. The molecular formula is C25H30N2O4. The summed E-state index contributed by atoms with van der Waals surface area (Å²) in [5.41, 5.74) is 2.14. The van der Waals surface area contributed by atoms with Crippen LogP contribution in [0.15, 0.2) is 42.5 Å². The Morgan fingerprint density at radius 3 is 2.52 bits per heavy atom. The van der Waals surface area contributed by atoms with E-state index >= 15 is 0 Å². The van der Waals surface area contributed by atoms with Crippen LogP contribution in [0.4, 0.5) is 0 Å². The van der Waals surface area contributed by atoms with Gasteiger partial charge < -0.3 is 19.7 Å². The molecule has 1 aliphatic carbocycles. The van der Waals surface area contributed by atoms with Crippen LogP contribution in [-0.2, 0) is 11.3 Å². The first kappa shape index (κ1) is 21.2. The second kappa shape index (κ2) is 9.00. The van der Waals surface area contributed by atoms with Crippen molar-refractivity contribution in [1.82, 2.24) is 10.2 Å². The topological polar surface area (TPSA) is 67.9 Å². The lowest BCUT2D eigenvalue weighted by Crippen LogP contribution is -2.44. The third-order valence-electron chi connectivity index (χ3n) is 6.50. The molecule has 1 unspecified atom stereocenters. The van der Waals surface area contributed by atoms with Gasteiger partial charge in [-0.1, -0.05) is 25.1 Å². The maximum absolute atomic E-state index is 13.4. The number of hydrogen-bond acceptors (Lipinski definition) is 4. The number of rotatable bonds is 6. The van der Waals surface area contributed by atoms with Gasteiger partial charge in [0.25, 0.3) is 5.91 Å². The summed E-state index contributed by atoms with van der Waals surface area (Å²) in [6.45, 7) is 2.51. The Morgan fingerprint density at radius 2 is 1.81 bits per heavy atom. The molecule has 6 nitrogen and oxygen atoms in total. The van der Waals surface area contributed by atoms with Crippen LogP contribution in [0.3, 0.4) is 0 Å². The molecule has 4 rings (SSSR count). The summed E-state index contributed by atoms with van der Waals surface area (Å²) in [6, 6.07) is 12.4. The predicted molar refractivity (Wildman–Crippen MR) is 118 cm³/mol. The Bertz CT molecular complexity index is 966. The normalized spacial score (nSPS) is 22.7. The fourth-order valence-electron chi connectivity index (χ4n) is 4.69. The van der Waals surface area contributed by atoms with E-state index in [2.05, 4.69) is 12.2 Å². The molecule has 1 aliphatic heterocycles. The Labute approximate surface area is 183 Å². The lowest BCUT2D eigenvalue weighted by Gasteiger charge is -2.30. The van der Waals surface area contributed by atoms with Crippen molar-refractivity contribution in [2.45, 2.75) is 51.2 Å². The minimum absolute atomic E-state index is 0.111. The van der Waals surface area contributed by atoms with E-state index in [1.54, 1.807) is 25.2 Å². The van der Waals surface area contributed by atoms with Crippen LogP contribution in [-0.4, -0.2) is 37.0 Å². The third-order valence-corrected chi connectivity index (χ3v) is 6.50. The largest absolute Gasteiger partial charge is 0.497 e. The van der Waals surface area contributed by atoms with Crippen LogP contribution < -0.4 is 14.8 Å². The summed E-state index contributed by atoms with van der Waals surface area (Å²) in [5, 5.41) is 3.22. The van der Waals surface area contributed by atoms with Crippen LogP contribution in [0.1, 0.15) is 60.1 Å². The van der Waals surface area contributed by atoms with Gasteiger partial charge in [0.2, 0.25) is 5.91 Å². The van der Waals surface area contributed by atoms with E-state index in [0.29, 0.717) is 23.0 Å². The number of nitrogens with zero attached hydrogens (tertiary/aromatic N) is 1. The molecule has 0 aromatic heterocycles. The second-order valence-electron chi connectivity index (χ2n) is 8.57. The summed E-state index contributed by atoms with van der Waals surface area (Å²) in [5.74, 6) is 1.79. The van der Waals surface area contributed by atoms with Crippen molar-refractivity contribution in [3.8, 4) is 11.5 Å². The van der Waals surface area contributed by atoms with Gasteiger partial charge in [0.05, 0.1) is 20.8 Å². The summed E-state index contributed by atoms with van der Waals surface area (Å²) < 4.78 is 10.9. The molecule has 1 saturated carbocycles. The van der Waals surface area contributed by atoms with E-state index in [-0.39, 0.29) is 24.4 Å². The molecule has 1 N–H and O–H groups in total. The second-order valence-corrected chi connectivity index (χ2v) is 8.57. The Kier molecular flexibility index (Phi) is 6.16. The van der Waals surface area contributed by atoms with Gasteiger partial charge in [-0.25, -0.2) is 0 Å². The lowest BCUT2D eigenvalue weighted by molar-refractivity contribution is -0.126. The molecule has 2 amide bonds. The number of benzene rings is 2. The minimum Gasteiger partial charge on any atom is -0.497 e. The summed E-state index contributed by atoms with van der Waals surface area (Å²) in [7, 11) is 3.20. The van der Waals surface area contributed by atoms with Crippen LogP contribution in [0.5, 0.6) is 11.5 Å². The monoisotopic (exact) mass is 422 g/mol. The molecule has 31 heavy (non-hydrogen) atoms. The maximum atomic E-state index is 13.4. The average molecular weight is 423 g/mol. The van der Waals surface area contributed by atoms with Crippen LogP contribution in [0.25, 0.3) is 0 Å². The Hall–Kier alpha value is -3.02. The number of carbonyl (C=O) groups excluding carboxylic acids is 2. The first-order chi connectivity index (χ1) is 15.0. The van der Waals surface area contributed by atoms with Gasteiger partial charge in [0, 0.05) is 17.2 Å². The van der Waals surface area contributed by atoms with Gasteiger partial charge in [-0.2, -0.15) is 0 Å². The fourth-order valence-corrected chi connectivity index (χ4v) is 4.69. The van der Waals surface area contributed by atoms with Gasteiger partial charge in [0.15, 0.2) is 0 Å². The zero-order chi connectivity index (χ0) is 22.0. The van der Waals surface area contributed by atoms with Crippen LogP contribution >= 0.6 is 0 Å². The summed E-state index contributed by atoms with van der Waals surface area (Å²) in [6.07, 6.45) is 4.21. The zero-order valence-corrected chi connectivity index (χ0v) is 18.4. The van der Waals surface area contributed by atoms with Crippen LogP contribution in [0.2, 0.25) is 0 Å². The summed E-state index contributed by atoms with van der Waals surface area (Å²) in [4.78, 5) is 28.3. The van der Waals surface area contributed by atoms with E-state index < -0.39 is 6.04 Å². The number of methoxy groups -OCH3 is 2. The molecule has 6 heteroatoms. The minimum atomic E-state index is -0.654. The molecule has 2 aromatic carbocycles. The molecule has 0 spiro atoms. The number of amides is 2. The number of fused-ring (bicyclic) bond motifs is 1. The van der Waals surface area contributed by atoms with Crippen molar-refractivity contribution in [2.24, 2.45) is 5.92 Å². The highest BCUT2D eigenvalue weighted by molar-refractivity contribution is 6.04. The molecule has 164 valence electrons. The predicted octanol–water partition coefficient (Wildman–Crippen LogP) is 4.10. The molecule has 1 atom stereocenters. The van der Waals surface area contributed by atoms with Crippen molar-refractivity contribution in [2.75, 3.05) is 14.2 Å². The van der Waals surface area contributed by atoms with E-state index in [4.69, 9.17) is 9.47 Å². The third kappa shape index (κ3) is 4.24. The standard InChI is InChI=1S/C25H30N2O4/c1-16-8-10-18(11-9-16)26-24(28)23-20-6-4-5-7-21(20)25(29)27(23)15-17-14-19(30-2)12-13-22(17)31-3/h4-7,12-14,16,18,23H,8-11,15H2,1-3H3,(H,26,28). The molecule has 1 fully saturated rings. The SMILES string of the molecule is COc1ccc(OC)c(CN2C(=O)c3ccccc3C2C(=O)NC2CCC(C)CC2)c1. The van der Waals surface area contributed by atoms with Crippen molar-refractivity contribution in [1.29, 1.82) is 0 Å². The summed E-state index contributed by atoms with van der Waals surface area (Å²) >= 11 is 0. The molecule has 2 aromatic rings. The van der Waals surface area contributed by atoms with E-state index in [1.165, 1.54) is 0 Å².